The van der Waals surface area contributed by atoms with Gasteiger partial charge in [-0.1, -0.05) is 41.4 Å². The Bertz CT molecular complexity index is 1440. The first-order valence-corrected chi connectivity index (χ1v) is 13.0. The van der Waals surface area contributed by atoms with E-state index >= 15 is 0 Å². The second-order valence-electron chi connectivity index (χ2n) is 7.81. The summed E-state index contributed by atoms with van der Waals surface area (Å²) in [5, 5.41) is 1.44. The van der Waals surface area contributed by atoms with Crippen LogP contribution in [0, 0.1) is 0 Å². The Morgan fingerprint density at radius 1 is 1.12 bits per heavy atom. The first-order chi connectivity index (χ1) is 16.3. The maximum atomic E-state index is 12.6. The maximum Gasteiger partial charge on any atom is 0.242 e. The molecule has 0 radical (unpaired) electrons. The van der Waals surface area contributed by atoms with Crippen molar-refractivity contribution >= 4 is 61.0 Å². The van der Waals surface area contributed by atoms with Crippen molar-refractivity contribution in [1.82, 2.24) is 19.3 Å². The van der Waals surface area contributed by atoms with Gasteiger partial charge in [-0.25, -0.2) is 23.1 Å². The number of anilines is 1. The van der Waals surface area contributed by atoms with E-state index in [0.717, 1.165) is 28.7 Å². The minimum atomic E-state index is -3.73. The van der Waals surface area contributed by atoms with E-state index in [0.29, 0.717) is 42.4 Å². The number of fused-ring (bicyclic) bond motifs is 3. The number of pyridine rings is 1. The number of hydrogen-bond acceptors (Lipinski definition) is 6. The van der Waals surface area contributed by atoms with Crippen LogP contribution in [0.3, 0.4) is 0 Å². The third-order valence-electron chi connectivity index (χ3n) is 5.50. The monoisotopic (exact) mass is 521 g/mol. The van der Waals surface area contributed by atoms with Crippen LogP contribution >= 0.6 is 23.2 Å². The topological polar surface area (TPSA) is 112 Å². The van der Waals surface area contributed by atoms with Crippen molar-refractivity contribution in [1.29, 1.82) is 0 Å². The third-order valence-corrected chi connectivity index (χ3v) is 7.68. The highest BCUT2D eigenvalue weighted by Crippen LogP contribution is 2.29. The molecule has 0 amide bonds. The highest BCUT2D eigenvalue weighted by molar-refractivity contribution is 7.89. The number of halogens is 2. The summed E-state index contributed by atoms with van der Waals surface area (Å²) in [5.74, 6) is 1.24. The average molecular weight is 522 g/mol. The fourth-order valence-corrected chi connectivity index (χ4v) is 5.75. The molecule has 0 bridgehead atoms. The number of aromatic nitrogens is 3. The van der Waals surface area contributed by atoms with Crippen LogP contribution in [0.15, 0.2) is 47.4 Å². The number of hydrogen-bond donors (Lipinski definition) is 2. The van der Waals surface area contributed by atoms with Crippen LogP contribution in [0.25, 0.3) is 21.9 Å². The molecule has 0 aliphatic carbocycles. The zero-order valence-corrected chi connectivity index (χ0v) is 20.9. The molecule has 0 saturated heterocycles. The Labute approximate surface area is 208 Å². The van der Waals surface area contributed by atoms with Crippen molar-refractivity contribution in [2.24, 2.45) is 0 Å². The summed E-state index contributed by atoms with van der Waals surface area (Å²) >= 11 is 11.9. The highest BCUT2D eigenvalue weighted by atomic mass is 35.5. The number of nitrogen functional groups attached to an aromatic ring is 1. The molecule has 4 rings (SSSR count). The number of para-hydroxylation sites is 1. The van der Waals surface area contributed by atoms with Gasteiger partial charge in [0.15, 0.2) is 5.82 Å². The maximum absolute atomic E-state index is 12.6. The highest BCUT2D eigenvalue weighted by Gasteiger charge is 2.19. The zero-order chi connectivity index (χ0) is 24.3. The predicted molar refractivity (Wildman–Crippen MR) is 136 cm³/mol. The smallest absolute Gasteiger partial charge is 0.242 e. The molecule has 0 atom stereocenters. The van der Waals surface area contributed by atoms with E-state index < -0.39 is 10.0 Å². The van der Waals surface area contributed by atoms with E-state index in [1.54, 1.807) is 7.11 Å². The molecule has 0 unspecified atom stereocenters. The van der Waals surface area contributed by atoms with E-state index in [2.05, 4.69) is 14.3 Å². The molecular formula is C23H25Cl2N5O3S. The number of nitrogens with zero attached hydrogens (tertiary/aromatic N) is 3. The van der Waals surface area contributed by atoms with E-state index in [-0.39, 0.29) is 16.5 Å². The van der Waals surface area contributed by atoms with Crippen LogP contribution < -0.4 is 10.5 Å². The lowest BCUT2D eigenvalue weighted by Crippen LogP contribution is -2.25. The largest absolute Gasteiger partial charge is 0.384 e. The first kappa shape index (κ1) is 24.7. The lowest BCUT2D eigenvalue weighted by Gasteiger charge is -2.12. The van der Waals surface area contributed by atoms with E-state index in [4.69, 9.17) is 38.7 Å². The Hall–Kier alpha value is -2.43. The Morgan fingerprint density at radius 3 is 2.68 bits per heavy atom. The van der Waals surface area contributed by atoms with Crippen molar-refractivity contribution < 1.29 is 13.2 Å². The molecule has 11 heteroatoms. The van der Waals surface area contributed by atoms with Crippen molar-refractivity contribution in [3.63, 3.8) is 0 Å². The molecule has 3 N–H and O–H groups in total. The van der Waals surface area contributed by atoms with Gasteiger partial charge in [-0.3, -0.25) is 0 Å². The van der Waals surface area contributed by atoms with Crippen molar-refractivity contribution in [2.45, 2.75) is 30.7 Å². The predicted octanol–water partition coefficient (Wildman–Crippen LogP) is 4.42. The summed E-state index contributed by atoms with van der Waals surface area (Å²) in [4.78, 5) is 9.25. The molecule has 0 fully saturated rings. The molecular weight excluding hydrogens is 497 g/mol. The number of sulfonamides is 1. The second-order valence-corrected chi connectivity index (χ2v) is 10.4. The molecule has 0 saturated carbocycles. The molecule has 2 aromatic heterocycles. The number of methoxy groups -OCH3 is 1. The number of unbranched alkanes of at least 4 members (excludes halogenated alkanes) is 1. The number of nitrogens with two attached hydrogens (primary N) is 1. The fourth-order valence-electron chi connectivity index (χ4n) is 3.90. The molecule has 0 aliphatic rings. The molecule has 0 spiro atoms. The van der Waals surface area contributed by atoms with Gasteiger partial charge in [0.05, 0.1) is 22.7 Å². The van der Waals surface area contributed by atoms with Gasteiger partial charge >= 0.3 is 0 Å². The Kier molecular flexibility index (Phi) is 7.59. The van der Waals surface area contributed by atoms with Crippen LogP contribution in [0.2, 0.25) is 10.0 Å². The third kappa shape index (κ3) is 5.13. The summed E-state index contributed by atoms with van der Waals surface area (Å²) in [7, 11) is -2.08. The molecule has 180 valence electrons. The van der Waals surface area contributed by atoms with Crippen molar-refractivity contribution in [2.75, 3.05) is 26.0 Å². The van der Waals surface area contributed by atoms with Crippen molar-refractivity contribution in [3.05, 3.63) is 58.3 Å². The summed E-state index contributed by atoms with van der Waals surface area (Å²) in [6.45, 7) is 1.44. The summed E-state index contributed by atoms with van der Waals surface area (Å²) in [5.41, 5.74) is 8.63. The van der Waals surface area contributed by atoms with Gasteiger partial charge in [-0.2, -0.15) is 0 Å². The first-order valence-electron chi connectivity index (χ1n) is 10.8. The summed E-state index contributed by atoms with van der Waals surface area (Å²) in [6, 6.07) is 12.1. The average Bonchev–Trinajstić information content (AvgIpc) is 3.16. The van der Waals surface area contributed by atoms with Gasteiger partial charge in [0.25, 0.3) is 0 Å². The summed E-state index contributed by atoms with van der Waals surface area (Å²) < 4.78 is 35.2. The van der Waals surface area contributed by atoms with Crippen molar-refractivity contribution in [3.8, 4) is 0 Å². The number of rotatable bonds is 10. The van der Waals surface area contributed by atoms with Gasteiger partial charge in [-0.05, 0) is 37.1 Å². The quantitative estimate of drug-likeness (QED) is 0.298. The second kappa shape index (κ2) is 10.5. The number of nitrogens with one attached hydrogen (secondary N) is 1. The Morgan fingerprint density at radius 2 is 1.91 bits per heavy atom. The normalized spacial score (nSPS) is 12.1. The van der Waals surface area contributed by atoms with Crippen LogP contribution in [0.4, 0.5) is 5.82 Å². The van der Waals surface area contributed by atoms with E-state index in [1.807, 2.05) is 24.3 Å². The minimum Gasteiger partial charge on any atom is -0.384 e. The summed E-state index contributed by atoms with van der Waals surface area (Å²) in [6.07, 6.45) is 1.96. The fraction of sp³-hybridized carbons (Fsp3) is 0.304. The minimum absolute atomic E-state index is 0.00969. The SMILES string of the molecule is COCCc1nc2c(N)nc3ccccc3c2n1CCCCNS(=O)(=O)c1ccc(Cl)cc1Cl. The number of aryl methyl sites for hydroxylation is 1. The van der Waals surface area contributed by atoms with Crippen LogP contribution in [-0.2, 0) is 27.7 Å². The van der Waals surface area contributed by atoms with Gasteiger partial charge in [0.1, 0.15) is 16.2 Å². The number of imidazole rings is 1. The molecule has 8 nitrogen and oxygen atoms in total. The van der Waals surface area contributed by atoms with E-state index in [1.165, 1.54) is 18.2 Å². The molecule has 0 aliphatic heterocycles. The van der Waals surface area contributed by atoms with Gasteiger partial charge in [0, 0.05) is 37.0 Å². The molecule has 2 heterocycles. The molecule has 34 heavy (non-hydrogen) atoms. The lowest BCUT2D eigenvalue weighted by molar-refractivity contribution is 0.199. The Balaban J connectivity index is 1.51. The van der Waals surface area contributed by atoms with Gasteiger partial charge < -0.3 is 15.0 Å². The van der Waals surface area contributed by atoms with Gasteiger partial charge in [0.2, 0.25) is 10.0 Å². The van der Waals surface area contributed by atoms with Crippen LogP contribution in [0.1, 0.15) is 18.7 Å². The number of benzene rings is 2. The zero-order valence-electron chi connectivity index (χ0n) is 18.6. The van der Waals surface area contributed by atoms with Gasteiger partial charge in [-0.15, -0.1) is 0 Å². The van der Waals surface area contributed by atoms with Crippen LogP contribution in [0.5, 0.6) is 0 Å². The molecule has 4 aromatic rings. The molecule has 2 aromatic carbocycles. The van der Waals surface area contributed by atoms with Crippen LogP contribution in [-0.4, -0.2) is 43.2 Å². The number of ether oxygens (including phenoxy) is 1. The standard InChI is InChI=1S/C23H25Cl2N5O3S/c1-33-13-10-20-29-21-22(16-6-2-3-7-18(16)28-23(21)26)30(20)12-5-4-11-27-34(31,32)19-9-8-15(24)14-17(19)25/h2-3,6-9,14,27H,4-5,10-13H2,1H3,(H2,26,28). The lowest BCUT2D eigenvalue weighted by atomic mass is 10.2. The van der Waals surface area contributed by atoms with E-state index in [9.17, 15) is 8.42 Å².